The van der Waals surface area contributed by atoms with Gasteiger partial charge >= 0.3 is 68.9 Å². The Bertz CT molecular complexity index is 1090. The first-order valence-corrected chi connectivity index (χ1v) is 11.6. The lowest BCUT2D eigenvalue weighted by molar-refractivity contribution is -0.458. The van der Waals surface area contributed by atoms with Crippen molar-refractivity contribution in [2.45, 2.75) is 79.2 Å². The summed E-state index contributed by atoms with van der Waals surface area (Å²) in [6.07, 6.45) is -9.02. The lowest BCUT2D eigenvalue weighted by Crippen LogP contribution is -2.75. The molecule has 0 aromatic heterocycles. The SMILES string of the molecule is CCCN(F)S(=O)(=O)C(F)(F)C(F)(F)C(F)(F)C(F)(F)C(F)(F)C(F)(F)C(F)(F)C(F)(F)F.NC(CCC(=O)O)C(=O)O. The van der Waals surface area contributed by atoms with E-state index in [0.717, 1.165) is 6.92 Å². The van der Waals surface area contributed by atoms with Crippen LogP contribution in [-0.2, 0) is 19.6 Å². The van der Waals surface area contributed by atoms with Gasteiger partial charge in [0.05, 0.1) is 0 Å². The molecule has 0 aliphatic heterocycles. The third-order valence-corrected chi connectivity index (χ3v) is 6.27. The second kappa shape index (κ2) is 12.9. The van der Waals surface area contributed by atoms with Gasteiger partial charge in [-0.1, -0.05) is 6.92 Å². The number of nitrogens with two attached hydrogens (primary N) is 1. The molecule has 0 aliphatic rings. The Kier molecular flexibility index (Phi) is 12.8. The van der Waals surface area contributed by atoms with Crippen LogP contribution in [0, 0.1) is 0 Å². The number of halogens is 18. The molecule has 1 atom stereocenters. The Morgan fingerprint density at radius 1 is 0.698 bits per heavy atom. The molecule has 258 valence electrons. The van der Waals surface area contributed by atoms with Crippen molar-refractivity contribution in [3.63, 3.8) is 0 Å². The van der Waals surface area contributed by atoms with Crippen LogP contribution in [-0.4, -0.2) is 94.6 Å². The van der Waals surface area contributed by atoms with Gasteiger partial charge in [-0.25, -0.2) is 8.42 Å². The second-order valence-corrected chi connectivity index (χ2v) is 9.71. The highest BCUT2D eigenvalue weighted by molar-refractivity contribution is 7.90. The highest BCUT2D eigenvalue weighted by Gasteiger charge is 2.96. The summed E-state index contributed by atoms with van der Waals surface area (Å²) >= 11 is 0. The van der Waals surface area contributed by atoms with Crippen molar-refractivity contribution in [1.29, 1.82) is 0 Å². The third kappa shape index (κ3) is 7.28. The van der Waals surface area contributed by atoms with Gasteiger partial charge in [0.25, 0.3) is 0 Å². The first-order valence-electron chi connectivity index (χ1n) is 10.1. The highest BCUT2D eigenvalue weighted by Crippen LogP contribution is 2.64. The van der Waals surface area contributed by atoms with Gasteiger partial charge in [-0.3, -0.25) is 9.59 Å². The van der Waals surface area contributed by atoms with E-state index in [2.05, 4.69) is 0 Å². The number of alkyl halides is 17. The molecule has 0 saturated heterocycles. The normalized spacial score (nSPS) is 15.6. The number of hydrogen-bond acceptors (Lipinski definition) is 5. The maximum absolute atomic E-state index is 13.5. The third-order valence-electron chi connectivity index (χ3n) is 4.66. The topological polar surface area (TPSA) is 138 Å². The minimum absolute atomic E-state index is 0.0231. The largest absolute Gasteiger partial charge is 0.481 e. The van der Waals surface area contributed by atoms with E-state index in [9.17, 15) is 97.1 Å². The van der Waals surface area contributed by atoms with Gasteiger partial charge in [0.15, 0.2) is 0 Å². The van der Waals surface area contributed by atoms with Crippen molar-refractivity contribution in [3.8, 4) is 0 Å². The second-order valence-electron chi connectivity index (χ2n) is 7.85. The van der Waals surface area contributed by atoms with Crippen LogP contribution >= 0.6 is 0 Å². The van der Waals surface area contributed by atoms with E-state index in [0.29, 0.717) is 0 Å². The maximum atomic E-state index is 13.5. The zero-order chi connectivity index (χ0) is 35.6. The Morgan fingerprint density at radius 3 is 1.30 bits per heavy atom. The van der Waals surface area contributed by atoms with Crippen LogP contribution in [0.5, 0.6) is 0 Å². The number of carbonyl (C=O) groups is 2. The van der Waals surface area contributed by atoms with Gasteiger partial charge in [0.2, 0.25) is 0 Å². The first kappa shape index (κ1) is 42.7. The zero-order valence-electron chi connectivity index (χ0n) is 20.2. The molecule has 27 heteroatoms. The number of hydrogen-bond donors (Lipinski definition) is 3. The minimum atomic E-state index is -8.94. The molecule has 0 spiro atoms. The molecule has 0 aromatic rings. The number of nitrogens with zero attached hydrogens (tertiary/aromatic N) is 1. The van der Waals surface area contributed by atoms with E-state index in [1.807, 2.05) is 0 Å². The smallest absolute Gasteiger partial charge is 0.460 e. The summed E-state index contributed by atoms with van der Waals surface area (Å²) in [6, 6.07) is -1.06. The summed E-state index contributed by atoms with van der Waals surface area (Å²) in [4.78, 5) is 19.9. The highest BCUT2D eigenvalue weighted by atomic mass is 32.2. The molecular weight excluding hydrogens is 690 g/mol. The van der Waals surface area contributed by atoms with Crippen molar-refractivity contribution < 1.29 is 107 Å². The number of carboxylic acids is 2. The van der Waals surface area contributed by atoms with E-state index in [-0.39, 0.29) is 12.8 Å². The summed E-state index contributed by atoms with van der Waals surface area (Å²) in [5.74, 6) is -54.4. The van der Waals surface area contributed by atoms with Gasteiger partial charge in [-0.15, -0.1) is 4.48 Å². The quantitative estimate of drug-likeness (QED) is 0.168. The lowest BCUT2D eigenvalue weighted by atomic mass is 9.91. The lowest BCUT2D eigenvalue weighted by Gasteiger charge is -2.42. The van der Waals surface area contributed by atoms with E-state index < -0.39 is 92.5 Å². The molecule has 0 amide bonds. The molecular formula is C16H16F18N2O6S. The van der Waals surface area contributed by atoms with Crippen LogP contribution in [0.3, 0.4) is 0 Å². The summed E-state index contributed by atoms with van der Waals surface area (Å²) in [5.41, 5.74) is 5.00. The Hall–Kier alpha value is -2.45. The number of aliphatic carboxylic acids is 2. The monoisotopic (exact) mass is 706 g/mol. The summed E-state index contributed by atoms with van der Waals surface area (Å²) in [5, 5.41) is 8.41. The fraction of sp³-hybridized carbons (Fsp3) is 0.875. The van der Waals surface area contributed by atoms with Gasteiger partial charge in [-0.05, 0) is 17.4 Å². The van der Waals surface area contributed by atoms with Crippen molar-refractivity contribution in [3.05, 3.63) is 0 Å². The molecule has 8 nitrogen and oxygen atoms in total. The maximum Gasteiger partial charge on any atom is 0.460 e. The fourth-order valence-electron chi connectivity index (χ4n) is 2.13. The van der Waals surface area contributed by atoms with Crippen molar-refractivity contribution in [2.24, 2.45) is 5.73 Å². The Balaban J connectivity index is 0. The predicted molar refractivity (Wildman–Crippen MR) is 100 cm³/mol. The van der Waals surface area contributed by atoms with E-state index in [1.54, 1.807) is 0 Å². The summed E-state index contributed by atoms with van der Waals surface area (Å²) in [6.45, 7) is -1.12. The molecule has 1 unspecified atom stereocenters. The standard InChI is InChI=1S/C11H7F18NO2S.C5H9NO4/c1-2-3-30(29)33(31,32)11(27,28)9(22,23)7(18,19)5(14,15)4(12,13)6(16,17)8(20,21)10(24,25)26;6-3(5(9)10)1-2-4(7)8/h2-3H2,1H3;3H,1-2,6H2,(H,7,8)(H,9,10). The van der Waals surface area contributed by atoms with Crippen LogP contribution in [0.15, 0.2) is 0 Å². The fourth-order valence-corrected chi connectivity index (χ4v) is 3.26. The molecule has 0 bridgehead atoms. The van der Waals surface area contributed by atoms with Gasteiger partial charge < -0.3 is 15.9 Å². The van der Waals surface area contributed by atoms with Crippen LogP contribution in [0.2, 0.25) is 0 Å². The number of rotatable bonds is 14. The average Bonchev–Trinajstić information content (AvgIpc) is 2.81. The first-order chi connectivity index (χ1) is 18.5. The van der Waals surface area contributed by atoms with Crippen LogP contribution in [0.25, 0.3) is 0 Å². The number of carboxylic acid groups (broad SMARTS) is 2. The molecule has 0 radical (unpaired) electrons. The molecule has 43 heavy (non-hydrogen) atoms. The van der Waals surface area contributed by atoms with Gasteiger partial charge in [0.1, 0.15) is 6.04 Å². The van der Waals surface area contributed by atoms with Crippen LogP contribution < -0.4 is 5.73 Å². The predicted octanol–water partition coefficient (Wildman–Crippen LogP) is 5.14. The van der Waals surface area contributed by atoms with Gasteiger partial charge in [0, 0.05) is 13.0 Å². The number of sulfonamides is 1. The minimum Gasteiger partial charge on any atom is -0.481 e. The molecule has 0 aliphatic carbocycles. The van der Waals surface area contributed by atoms with E-state index in [1.165, 1.54) is 0 Å². The average molecular weight is 706 g/mol. The van der Waals surface area contributed by atoms with Gasteiger partial charge in [-0.2, -0.15) is 74.6 Å². The molecule has 0 fully saturated rings. The van der Waals surface area contributed by atoms with E-state index >= 15 is 0 Å². The molecule has 0 saturated carbocycles. The molecule has 4 N–H and O–H groups in total. The zero-order valence-corrected chi connectivity index (χ0v) is 21.0. The molecule has 0 rings (SSSR count). The van der Waals surface area contributed by atoms with Crippen LogP contribution in [0.1, 0.15) is 26.2 Å². The molecule has 0 aromatic carbocycles. The van der Waals surface area contributed by atoms with Crippen molar-refractivity contribution >= 4 is 22.0 Å². The van der Waals surface area contributed by atoms with Crippen LogP contribution in [0.4, 0.5) is 79.1 Å². The Labute approximate surface area is 226 Å². The Morgan fingerprint density at radius 2 is 1.02 bits per heavy atom. The van der Waals surface area contributed by atoms with E-state index in [4.69, 9.17) is 15.9 Å². The van der Waals surface area contributed by atoms with Crippen molar-refractivity contribution in [2.75, 3.05) is 6.54 Å². The summed E-state index contributed by atoms with van der Waals surface area (Å²) < 4.78 is 254. The summed E-state index contributed by atoms with van der Waals surface area (Å²) in [7, 11) is -7.82. The van der Waals surface area contributed by atoms with Crippen molar-refractivity contribution in [1.82, 2.24) is 4.53 Å². The molecule has 0 heterocycles.